The van der Waals surface area contributed by atoms with E-state index in [4.69, 9.17) is 26.4 Å². The Labute approximate surface area is 199 Å². The van der Waals surface area contributed by atoms with E-state index in [2.05, 4.69) is 17.2 Å². The molecule has 0 spiro atoms. The van der Waals surface area contributed by atoms with Gasteiger partial charge in [-0.25, -0.2) is 0 Å². The molecule has 0 fully saturated rings. The fourth-order valence-corrected chi connectivity index (χ4v) is 2.93. The number of carbonyl (C=O) groups is 1. The van der Waals surface area contributed by atoms with Crippen LogP contribution in [-0.2, 0) is 0 Å². The first kappa shape index (κ1) is 23.8. The lowest BCUT2D eigenvalue weighted by Gasteiger charge is -2.11. The van der Waals surface area contributed by atoms with Gasteiger partial charge in [0, 0.05) is 11.3 Å². The number of carbonyl (C=O) groups excluding carboxylic acids is 1. The molecule has 6 nitrogen and oxygen atoms in total. The standard InChI is InChI=1S/C26H26N2O4S/c1-19(2)18-32-24-14-10-21(11-15-24)27-26(33)28-25(29)20-8-12-23(13-9-20)31-17-16-30-22-6-4-3-5-7-22/h3-15H,1,16-18H2,2H3,(H2,27,28,29,33). The Morgan fingerprint density at radius 1 is 0.818 bits per heavy atom. The van der Waals surface area contributed by atoms with Gasteiger partial charge < -0.3 is 19.5 Å². The van der Waals surface area contributed by atoms with Gasteiger partial charge >= 0.3 is 0 Å². The van der Waals surface area contributed by atoms with E-state index in [0.29, 0.717) is 31.1 Å². The molecule has 0 aliphatic carbocycles. The van der Waals surface area contributed by atoms with Gasteiger partial charge in [0.05, 0.1) is 0 Å². The van der Waals surface area contributed by atoms with Crippen LogP contribution < -0.4 is 24.8 Å². The van der Waals surface area contributed by atoms with Gasteiger partial charge in [0.2, 0.25) is 0 Å². The zero-order valence-corrected chi connectivity index (χ0v) is 19.2. The minimum absolute atomic E-state index is 0.203. The number of thiocarbonyl (C=S) groups is 1. The van der Waals surface area contributed by atoms with Gasteiger partial charge in [-0.3, -0.25) is 10.1 Å². The third-order valence-electron chi connectivity index (χ3n) is 4.30. The van der Waals surface area contributed by atoms with Crippen LogP contribution in [0.25, 0.3) is 0 Å². The Morgan fingerprint density at radius 3 is 1.97 bits per heavy atom. The fourth-order valence-electron chi connectivity index (χ4n) is 2.72. The number of nitrogens with one attached hydrogen (secondary N) is 2. The Bertz CT molecular complexity index is 1070. The first-order valence-electron chi connectivity index (χ1n) is 10.4. The summed E-state index contributed by atoms with van der Waals surface area (Å²) in [4.78, 5) is 12.4. The molecule has 0 saturated heterocycles. The van der Waals surface area contributed by atoms with Crippen molar-refractivity contribution in [1.29, 1.82) is 0 Å². The molecule has 2 N–H and O–H groups in total. The first-order chi connectivity index (χ1) is 16.0. The van der Waals surface area contributed by atoms with E-state index >= 15 is 0 Å². The van der Waals surface area contributed by atoms with Gasteiger partial charge in [-0.2, -0.15) is 0 Å². The van der Waals surface area contributed by atoms with Crippen molar-refractivity contribution in [3.63, 3.8) is 0 Å². The Morgan fingerprint density at radius 2 is 1.36 bits per heavy atom. The molecule has 0 atom stereocenters. The van der Waals surface area contributed by atoms with Crippen LogP contribution in [0, 0.1) is 0 Å². The summed E-state index contributed by atoms with van der Waals surface area (Å²) < 4.78 is 16.8. The molecule has 3 aromatic carbocycles. The third-order valence-corrected chi connectivity index (χ3v) is 4.51. The zero-order chi connectivity index (χ0) is 23.5. The van der Waals surface area contributed by atoms with E-state index < -0.39 is 0 Å². The zero-order valence-electron chi connectivity index (χ0n) is 18.4. The number of para-hydroxylation sites is 1. The quantitative estimate of drug-likeness (QED) is 0.244. The lowest BCUT2D eigenvalue weighted by atomic mass is 10.2. The molecule has 170 valence electrons. The highest BCUT2D eigenvalue weighted by Crippen LogP contribution is 2.17. The average Bonchev–Trinajstić information content (AvgIpc) is 2.82. The van der Waals surface area contributed by atoms with Crippen LogP contribution in [0.5, 0.6) is 17.2 Å². The Hall–Kier alpha value is -3.84. The minimum Gasteiger partial charge on any atom is -0.490 e. The van der Waals surface area contributed by atoms with Crippen molar-refractivity contribution >= 4 is 28.9 Å². The van der Waals surface area contributed by atoms with Crippen LogP contribution >= 0.6 is 12.2 Å². The minimum atomic E-state index is -0.312. The summed E-state index contributed by atoms with van der Waals surface area (Å²) in [6.07, 6.45) is 0. The number of ether oxygens (including phenoxy) is 3. The molecule has 0 bridgehead atoms. The van der Waals surface area contributed by atoms with Crippen LogP contribution in [0.3, 0.4) is 0 Å². The fraction of sp³-hybridized carbons (Fsp3) is 0.154. The maximum absolute atomic E-state index is 12.4. The van der Waals surface area contributed by atoms with Gasteiger partial charge in [0.15, 0.2) is 5.11 Å². The highest BCUT2D eigenvalue weighted by Gasteiger charge is 2.08. The van der Waals surface area contributed by atoms with Crippen molar-refractivity contribution in [2.24, 2.45) is 0 Å². The van der Waals surface area contributed by atoms with Crippen LogP contribution in [-0.4, -0.2) is 30.8 Å². The SMILES string of the molecule is C=C(C)COc1ccc(NC(=S)NC(=O)c2ccc(OCCOc3ccccc3)cc2)cc1. The smallest absolute Gasteiger partial charge is 0.257 e. The van der Waals surface area contributed by atoms with Crippen LogP contribution in [0.4, 0.5) is 5.69 Å². The predicted octanol–water partition coefficient (Wildman–Crippen LogP) is 5.23. The Kier molecular flexibility index (Phi) is 8.85. The lowest BCUT2D eigenvalue weighted by Crippen LogP contribution is -2.34. The van der Waals surface area contributed by atoms with E-state index in [-0.39, 0.29) is 11.0 Å². The van der Waals surface area contributed by atoms with Gasteiger partial charge in [0.25, 0.3) is 5.91 Å². The number of rotatable bonds is 10. The molecule has 7 heteroatoms. The largest absolute Gasteiger partial charge is 0.490 e. The molecular formula is C26H26N2O4S. The van der Waals surface area contributed by atoms with Crippen LogP contribution in [0.1, 0.15) is 17.3 Å². The summed E-state index contributed by atoms with van der Waals surface area (Å²) in [5, 5.41) is 5.85. The molecule has 0 aromatic heterocycles. The number of hydrogen-bond donors (Lipinski definition) is 2. The molecule has 0 aliphatic heterocycles. The number of anilines is 1. The molecule has 33 heavy (non-hydrogen) atoms. The van der Waals surface area contributed by atoms with Gasteiger partial charge in [0.1, 0.15) is 37.1 Å². The molecule has 0 aliphatic rings. The number of hydrogen-bond acceptors (Lipinski definition) is 5. The van der Waals surface area contributed by atoms with E-state index in [9.17, 15) is 4.79 Å². The summed E-state index contributed by atoms with van der Waals surface area (Å²) in [6, 6.07) is 23.6. The van der Waals surface area contributed by atoms with E-state index in [1.54, 1.807) is 24.3 Å². The molecule has 0 radical (unpaired) electrons. The summed E-state index contributed by atoms with van der Waals surface area (Å²) >= 11 is 5.24. The highest BCUT2D eigenvalue weighted by atomic mass is 32.1. The van der Waals surface area contributed by atoms with Gasteiger partial charge in [-0.15, -0.1) is 0 Å². The first-order valence-corrected chi connectivity index (χ1v) is 10.8. The number of amides is 1. The molecule has 0 unspecified atom stereocenters. The molecule has 0 heterocycles. The average molecular weight is 463 g/mol. The van der Waals surface area contributed by atoms with Crippen molar-refractivity contribution in [3.05, 3.63) is 96.6 Å². The normalized spacial score (nSPS) is 10.1. The van der Waals surface area contributed by atoms with Gasteiger partial charge in [-0.05, 0) is 85.4 Å². The van der Waals surface area contributed by atoms with Gasteiger partial charge in [-0.1, -0.05) is 24.8 Å². The lowest BCUT2D eigenvalue weighted by molar-refractivity contribution is 0.0977. The molecule has 0 saturated carbocycles. The van der Waals surface area contributed by atoms with Crippen LogP contribution in [0.15, 0.2) is 91.0 Å². The second-order valence-corrected chi connectivity index (χ2v) is 7.62. The summed E-state index contributed by atoms with van der Waals surface area (Å²) in [6.45, 7) is 6.99. The van der Waals surface area contributed by atoms with Crippen LogP contribution in [0.2, 0.25) is 0 Å². The van der Waals surface area contributed by atoms with E-state index in [1.165, 1.54) is 0 Å². The highest BCUT2D eigenvalue weighted by molar-refractivity contribution is 7.80. The maximum Gasteiger partial charge on any atom is 0.257 e. The van der Waals surface area contributed by atoms with Crippen molar-refractivity contribution < 1.29 is 19.0 Å². The third kappa shape index (κ3) is 8.31. The van der Waals surface area contributed by atoms with Crippen molar-refractivity contribution in [2.45, 2.75) is 6.92 Å². The summed E-state index contributed by atoms with van der Waals surface area (Å²) in [5.41, 5.74) is 2.15. The summed E-state index contributed by atoms with van der Waals surface area (Å²) in [7, 11) is 0. The van der Waals surface area contributed by atoms with Crippen molar-refractivity contribution in [1.82, 2.24) is 5.32 Å². The maximum atomic E-state index is 12.4. The molecule has 1 amide bonds. The van der Waals surface area contributed by atoms with E-state index in [0.717, 1.165) is 22.8 Å². The molecular weight excluding hydrogens is 436 g/mol. The summed E-state index contributed by atoms with van der Waals surface area (Å²) in [5.74, 6) is 1.86. The predicted molar refractivity (Wildman–Crippen MR) is 134 cm³/mol. The second kappa shape index (κ2) is 12.3. The topological polar surface area (TPSA) is 68.8 Å². The monoisotopic (exact) mass is 462 g/mol. The molecule has 3 rings (SSSR count). The van der Waals surface area contributed by atoms with Crippen molar-refractivity contribution in [2.75, 3.05) is 25.1 Å². The number of benzene rings is 3. The Balaban J connectivity index is 1.41. The second-order valence-electron chi connectivity index (χ2n) is 7.21. The van der Waals surface area contributed by atoms with E-state index in [1.807, 2.05) is 61.5 Å². The van der Waals surface area contributed by atoms with Crippen molar-refractivity contribution in [3.8, 4) is 17.2 Å². The molecule has 3 aromatic rings.